The molecule has 8 amide bonds. The maximum absolute atomic E-state index is 14.6. The maximum Gasteiger partial charge on any atom is 0.396 e. The number of aromatic amines is 1. The molecule has 5 aromatic rings. The minimum Gasteiger partial charge on any atom is -0.391 e. The second kappa shape index (κ2) is 28.7. The van der Waals surface area contributed by atoms with Gasteiger partial charge in [-0.2, -0.15) is 0 Å². The summed E-state index contributed by atoms with van der Waals surface area (Å²) in [5.74, 6) is -3.86. The van der Waals surface area contributed by atoms with E-state index in [1.54, 1.807) is 23.8 Å². The number of benzene rings is 3. The molecule has 5 heterocycles. The summed E-state index contributed by atoms with van der Waals surface area (Å²) >= 11 is 1.56. The largest absolute Gasteiger partial charge is 0.396 e. The molecule has 3 aliphatic heterocycles. The zero-order valence-corrected chi connectivity index (χ0v) is 52.0. The SMILES string of the molecule is CC(=O)N1CC[C@H]2CC[C@@H](C(=O)N[C@@H](CCC(N)=O)[C@@H](C)OCc3ccc(CCCCC(=O)N[C@H](C(=O)N4C[C@H](O)C[C@H]4C(=O)NCc4ccc(-c5scnc5C)cc4)C(C)(C)C)cc3)N2C(=O)[C@@H](NC(=O)c2cc3cc(C(=O)P(=O)(O)O)ccc3[nH]2)C1. The number of aryl methyl sites for hydroxylation is 2. The summed E-state index contributed by atoms with van der Waals surface area (Å²) < 4.78 is 17.9. The van der Waals surface area contributed by atoms with Crippen LogP contribution in [-0.4, -0.2) is 160 Å². The lowest BCUT2D eigenvalue weighted by atomic mass is 9.85. The minimum atomic E-state index is -5.08. The van der Waals surface area contributed by atoms with Gasteiger partial charge < -0.3 is 66.3 Å². The molecule has 472 valence electrons. The van der Waals surface area contributed by atoms with E-state index in [1.807, 2.05) is 76.2 Å². The van der Waals surface area contributed by atoms with E-state index in [-0.39, 0.29) is 93.9 Å². The van der Waals surface area contributed by atoms with Gasteiger partial charge >= 0.3 is 7.60 Å². The summed E-state index contributed by atoms with van der Waals surface area (Å²) in [4.78, 5) is 152. The molecule has 0 bridgehead atoms. The van der Waals surface area contributed by atoms with E-state index in [9.17, 15) is 62.6 Å². The van der Waals surface area contributed by atoms with Crippen molar-refractivity contribution in [3.63, 3.8) is 0 Å². The number of fused-ring (bicyclic) bond motifs is 2. The van der Waals surface area contributed by atoms with Gasteiger partial charge in [-0.3, -0.25) is 47.7 Å². The molecule has 2 aromatic heterocycles. The van der Waals surface area contributed by atoms with Crippen LogP contribution in [0.15, 0.2) is 78.3 Å². The van der Waals surface area contributed by atoms with Gasteiger partial charge in [0.2, 0.25) is 41.4 Å². The molecular formula is C62H79N10O14PS. The fourth-order valence-corrected chi connectivity index (χ4v) is 12.9. The van der Waals surface area contributed by atoms with Crippen LogP contribution in [-0.2, 0) is 62.4 Å². The molecule has 0 spiro atoms. The first-order chi connectivity index (χ1) is 41.6. The number of ether oxygens (including phenoxy) is 1. The Morgan fingerprint density at radius 3 is 2.24 bits per heavy atom. The molecule has 3 saturated heterocycles. The molecule has 24 nitrogen and oxygen atoms in total. The molecule has 0 saturated carbocycles. The number of β-amino-alcohol motifs (C(OH)–C–C–N with tert-alkyl or cyclic N) is 1. The third-order valence-electron chi connectivity index (χ3n) is 16.6. The number of hydrogen-bond acceptors (Lipinski definition) is 14. The number of unbranched alkanes of at least 4 members (excludes halogenated alkanes) is 1. The number of amides is 8. The van der Waals surface area contributed by atoms with Crippen molar-refractivity contribution in [2.45, 2.75) is 167 Å². The number of aliphatic hydroxyl groups is 1. The number of carbonyl (C=O) groups excluding carboxylic acids is 9. The molecule has 3 aromatic carbocycles. The van der Waals surface area contributed by atoms with Gasteiger partial charge in [-0.05, 0) is 111 Å². The standard InChI is InChI=1S/C62H79N10O14PS/c1-35-54(88-34-65-35)41-17-15-39(16-18-41)30-64-57(78)51-29-45(74)31-71(51)60(81)55(62(4,5)6)69-53(76)10-8-7-9-38-11-13-40(14-12-38)33-86-36(2)46(22-24-52(63)75)67-58(79)50-23-20-44-25-26-70(37(3)73)32-49(59(80)72(44)50)68-56(77)48-28-43-27-42(19-21-47(43)66-48)61(82)87(83,84)85/h11-19,21,27-28,34,36,44-46,49-51,55,66,74H,7-10,20,22-26,29-33H2,1-6H3,(H2,63,75)(H,64,78)(H,67,79)(H,68,77)(H,69,76)(H2,83,84,85)/t36-,44-,45-,46+,49+,50+,51+,55-/m1/s1. The van der Waals surface area contributed by atoms with E-state index in [2.05, 4.69) is 31.2 Å². The van der Waals surface area contributed by atoms with Gasteiger partial charge in [-0.25, -0.2) is 4.98 Å². The number of primary amides is 1. The van der Waals surface area contributed by atoms with Crippen molar-refractivity contribution in [2.24, 2.45) is 11.1 Å². The van der Waals surface area contributed by atoms with Crippen molar-refractivity contribution in [2.75, 3.05) is 19.6 Å². The lowest BCUT2D eigenvalue weighted by Gasteiger charge is -2.39. The highest BCUT2D eigenvalue weighted by Crippen LogP contribution is 2.40. The number of rotatable bonds is 24. The van der Waals surface area contributed by atoms with Crippen LogP contribution in [0.3, 0.4) is 0 Å². The number of H-pyrrole nitrogens is 1. The number of nitrogens with two attached hydrogens (primary N) is 1. The number of likely N-dealkylation sites (tertiary alicyclic amines) is 1. The van der Waals surface area contributed by atoms with Crippen LogP contribution in [0.2, 0.25) is 0 Å². The van der Waals surface area contributed by atoms with Crippen molar-refractivity contribution in [3.8, 4) is 10.4 Å². The predicted octanol–water partition coefficient (Wildman–Crippen LogP) is 4.51. The molecular weight excluding hydrogens is 1170 g/mol. The number of nitrogens with zero attached hydrogens (tertiary/aromatic N) is 4. The van der Waals surface area contributed by atoms with Gasteiger partial charge in [0.1, 0.15) is 29.9 Å². The zero-order valence-electron chi connectivity index (χ0n) is 50.3. The first-order valence-corrected chi connectivity index (χ1v) is 32.1. The normalized spacial score (nSPS) is 19.9. The second-order valence-corrected chi connectivity index (χ2v) is 26.6. The molecule has 0 aliphatic carbocycles. The van der Waals surface area contributed by atoms with Gasteiger partial charge in [0.25, 0.3) is 11.4 Å². The number of aromatic nitrogens is 2. The highest BCUT2D eigenvalue weighted by Gasteiger charge is 2.47. The number of thiazole rings is 1. The molecule has 10 N–H and O–H groups in total. The first-order valence-electron chi connectivity index (χ1n) is 29.6. The minimum absolute atomic E-state index is 0.0336. The van der Waals surface area contributed by atoms with Crippen LogP contribution in [0.4, 0.5) is 0 Å². The summed E-state index contributed by atoms with van der Waals surface area (Å²) in [6, 6.07) is 15.5. The van der Waals surface area contributed by atoms with Gasteiger partial charge in [0, 0.05) is 74.9 Å². The molecule has 26 heteroatoms. The maximum atomic E-state index is 14.6. The Morgan fingerprint density at radius 2 is 1.58 bits per heavy atom. The van der Waals surface area contributed by atoms with E-state index in [0.29, 0.717) is 43.0 Å². The zero-order chi connectivity index (χ0) is 63.8. The predicted molar refractivity (Wildman–Crippen MR) is 327 cm³/mol. The second-order valence-electron chi connectivity index (χ2n) is 24.2. The Hall–Kier alpha value is -7.67. The fraction of sp³-hybridized carbons (Fsp3) is 0.484. The summed E-state index contributed by atoms with van der Waals surface area (Å²) in [7, 11) is -5.08. The van der Waals surface area contributed by atoms with Crippen molar-refractivity contribution in [3.05, 3.63) is 112 Å². The van der Waals surface area contributed by atoms with Crippen molar-refractivity contribution in [1.29, 1.82) is 0 Å². The number of carbonyl (C=O) groups is 9. The molecule has 3 fully saturated rings. The quantitative estimate of drug-likeness (QED) is 0.0303. The Morgan fingerprint density at radius 1 is 0.875 bits per heavy atom. The van der Waals surface area contributed by atoms with E-state index in [4.69, 9.17) is 10.5 Å². The molecule has 0 unspecified atom stereocenters. The summed E-state index contributed by atoms with van der Waals surface area (Å²) in [5.41, 5.74) is 10.0. The van der Waals surface area contributed by atoms with Crippen LogP contribution in [0, 0.1) is 12.3 Å². The van der Waals surface area contributed by atoms with Crippen molar-refractivity contribution >= 4 is 82.6 Å². The van der Waals surface area contributed by atoms with Gasteiger partial charge in [0.15, 0.2) is 0 Å². The average molecular weight is 1250 g/mol. The Balaban J connectivity index is 0.813. The summed E-state index contributed by atoms with van der Waals surface area (Å²) in [6.45, 7) is 11.0. The average Bonchev–Trinajstić information content (AvgIpc) is 2.81. The smallest absolute Gasteiger partial charge is 0.391 e. The van der Waals surface area contributed by atoms with Crippen LogP contribution in [0.25, 0.3) is 21.3 Å². The Kier molecular flexibility index (Phi) is 21.6. The van der Waals surface area contributed by atoms with Crippen LogP contribution in [0.5, 0.6) is 0 Å². The fourth-order valence-electron chi connectivity index (χ4n) is 11.6. The summed E-state index contributed by atoms with van der Waals surface area (Å²) in [6.07, 6.45) is 1.72. The molecule has 0 radical (unpaired) electrons. The monoisotopic (exact) mass is 1250 g/mol. The topological polar surface area (TPSA) is 353 Å². The van der Waals surface area contributed by atoms with Crippen LogP contribution in [0.1, 0.15) is 136 Å². The van der Waals surface area contributed by atoms with E-state index in [0.717, 1.165) is 32.8 Å². The van der Waals surface area contributed by atoms with Crippen LogP contribution < -0.4 is 27.0 Å². The van der Waals surface area contributed by atoms with E-state index < -0.39 is 96.5 Å². The molecule has 88 heavy (non-hydrogen) atoms. The van der Waals surface area contributed by atoms with Crippen LogP contribution >= 0.6 is 18.9 Å². The third kappa shape index (κ3) is 16.7. The highest BCUT2D eigenvalue weighted by atomic mass is 32.1. The lowest BCUT2D eigenvalue weighted by molar-refractivity contribution is -0.145. The summed E-state index contributed by atoms with van der Waals surface area (Å²) in [5, 5.41) is 22.6. The Labute approximate surface area is 514 Å². The highest BCUT2D eigenvalue weighted by molar-refractivity contribution is 7.70. The molecule has 8 rings (SSSR count). The number of aliphatic hydroxyl groups excluding tert-OH is 1. The third-order valence-corrected chi connectivity index (χ3v) is 18.3. The molecule has 8 atom stereocenters. The lowest BCUT2D eigenvalue weighted by Crippen LogP contribution is -2.61. The Bertz CT molecular complexity index is 3450. The van der Waals surface area contributed by atoms with Gasteiger partial charge in [0.05, 0.1) is 40.9 Å². The molecule has 3 aliphatic rings. The first kappa shape index (κ1) is 66.3. The van der Waals surface area contributed by atoms with E-state index in [1.165, 1.54) is 45.9 Å². The number of hydrogen-bond donors (Lipinski definition) is 9. The van der Waals surface area contributed by atoms with E-state index >= 15 is 0 Å². The number of nitrogens with one attached hydrogen (secondary N) is 5. The van der Waals surface area contributed by atoms with Crippen molar-refractivity contribution < 1.29 is 67.3 Å². The van der Waals surface area contributed by atoms with Crippen molar-refractivity contribution in [1.82, 2.24) is 45.9 Å². The van der Waals surface area contributed by atoms with Gasteiger partial charge in [-0.1, -0.05) is 69.3 Å². The van der Waals surface area contributed by atoms with Gasteiger partial charge in [-0.15, -0.1) is 11.3 Å².